The number of hydrogen-bond acceptors (Lipinski definition) is 5. The molecule has 5 nitrogen and oxygen atoms in total. The summed E-state index contributed by atoms with van der Waals surface area (Å²) >= 11 is 4.91. The number of nitrogens with zero attached hydrogens (tertiary/aromatic N) is 1. The van der Waals surface area contributed by atoms with Crippen LogP contribution in [0.1, 0.15) is 45.1 Å². The first-order valence-corrected chi connectivity index (χ1v) is 12.5. The highest BCUT2D eigenvalue weighted by Gasteiger charge is 2.42. The van der Waals surface area contributed by atoms with Crippen LogP contribution in [-0.2, 0) is 9.59 Å². The number of halogens is 1. The number of thiazole rings is 1. The van der Waals surface area contributed by atoms with Crippen LogP contribution in [0.4, 0.5) is 5.13 Å². The number of carbonyl (C=O) groups is 2. The number of carbonyl (C=O) groups excluding carboxylic acids is 2. The van der Waals surface area contributed by atoms with Crippen molar-refractivity contribution in [3.63, 3.8) is 0 Å². The molecule has 1 aromatic heterocycles. The van der Waals surface area contributed by atoms with Gasteiger partial charge >= 0.3 is 0 Å². The number of aromatic nitrogens is 1. The predicted octanol–water partition coefficient (Wildman–Crippen LogP) is 6.30. The third-order valence-corrected chi connectivity index (χ3v) is 7.62. The number of allylic oxidation sites excluding steroid dienone is 3. The Hall–Kier alpha value is -2.77. The molecule has 1 aliphatic heterocycles. The molecule has 0 unspecified atom stereocenters. The number of anilines is 1. The molecule has 0 bridgehead atoms. The van der Waals surface area contributed by atoms with Gasteiger partial charge in [0.1, 0.15) is 0 Å². The molecule has 2 N–H and O–H groups in total. The Labute approximate surface area is 205 Å². The van der Waals surface area contributed by atoms with Crippen LogP contribution in [0, 0.1) is 5.41 Å². The number of rotatable bonds is 3. The van der Waals surface area contributed by atoms with Crippen molar-refractivity contribution in [3.05, 3.63) is 81.1 Å². The van der Waals surface area contributed by atoms with E-state index in [0.717, 1.165) is 38.1 Å². The molecule has 2 aromatic carbocycles. The summed E-state index contributed by atoms with van der Waals surface area (Å²) in [5.41, 5.74) is 4.65. The van der Waals surface area contributed by atoms with E-state index in [1.165, 1.54) is 11.3 Å². The number of benzene rings is 2. The number of hydrogen-bond donors (Lipinski definition) is 2. The molecule has 0 saturated heterocycles. The molecular formula is C26H24BrN3O2S. The summed E-state index contributed by atoms with van der Waals surface area (Å²) in [7, 11) is 0. The van der Waals surface area contributed by atoms with E-state index in [9.17, 15) is 9.59 Å². The van der Waals surface area contributed by atoms with Gasteiger partial charge in [-0.15, -0.1) is 0 Å². The SMILES string of the molecule is CC1=C(C(=O)Nc2nc3ccc(Br)cc3s2)[C@H](c2ccccc2)C2=C(CC(C)(C)CC2=O)N1. The highest BCUT2D eigenvalue weighted by Crippen LogP contribution is 2.46. The quantitative estimate of drug-likeness (QED) is 0.424. The molecule has 0 saturated carbocycles. The van der Waals surface area contributed by atoms with Gasteiger partial charge in [0.15, 0.2) is 10.9 Å². The second-order valence-electron chi connectivity index (χ2n) is 9.43. The summed E-state index contributed by atoms with van der Waals surface area (Å²) in [6, 6.07) is 15.7. The highest BCUT2D eigenvalue weighted by atomic mass is 79.9. The fourth-order valence-electron chi connectivity index (χ4n) is 4.83. The Bertz CT molecular complexity index is 1350. The first-order chi connectivity index (χ1) is 15.7. The highest BCUT2D eigenvalue weighted by molar-refractivity contribution is 9.10. The molecular weight excluding hydrogens is 498 g/mol. The molecule has 2 heterocycles. The van der Waals surface area contributed by atoms with Crippen molar-refractivity contribution in [1.82, 2.24) is 10.3 Å². The van der Waals surface area contributed by atoms with Crippen molar-refractivity contribution in [2.24, 2.45) is 5.41 Å². The lowest BCUT2D eigenvalue weighted by molar-refractivity contribution is -0.118. The molecule has 5 rings (SSSR count). The maximum absolute atomic E-state index is 13.6. The predicted molar refractivity (Wildman–Crippen MR) is 136 cm³/mol. The van der Waals surface area contributed by atoms with Crippen molar-refractivity contribution in [1.29, 1.82) is 0 Å². The van der Waals surface area contributed by atoms with E-state index < -0.39 is 5.92 Å². The maximum Gasteiger partial charge on any atom is 0.256 e. The average molecular weight is 522 g/mol. The molecule has 33 heavy (non-hydrogen) atoms. The van der Waals surface area contributed by atoms with E-state index in [-0.39, 0.29) is 17.1 Å². The van der Waals surface area contributed by atoms with Gasteiger partial charge in [0.05, 0.1) is 10.2 Å². The van der Waals surface area contributed by atoms with Crippen LogP contribution >= 0.6 is 27.3 Å². The van der Waals surface area contributed by atoms with Crippen molar-refractivity contribution < 1.29 is 9.59 Å². The first kappa shape index (κ1) is 22.0. The zero-order valence-corrected chi connectivity index (χ0v) is 21.1. The Kier molecular flexibility index (Phi) is 5.49. The first-order valence-electron chi connectivity index (χ1n) is 10.9. The minimum Gasteiger partial charge on any atom is -0.362 e. The maximum atomic E-state index is 13.6. The summed E-state index contributed by atoms with van der Waals surface area (Å²) in [5, 5.41) is 6.95. The molecule has 1 amide bonds. The van der Waals surface area contributed by atoms with Crippen LogP contribution in [-0.4, -0.2) is 16.7 Å². The third kappa shape index (κ3) is 4.15. The second kappa shape index (κ2) is 8.22. The van der Waals surface area contributed by atoms with Gasteiger partial charge in [0.2, 0.25) is 0 Å². The van der Waals surface area contributed by atoms with Crippen LogP contribution in [0.15, 0.2) is 75.5 Å². The third-order valence-electron chi connectivity index (χ3n) is 6.19. The molecule has 7 heteroatoms. The molecule has 0 fully saturated rings. The number of amides is 1. The van der Waals surface area contributed by atoms with Gasteiger partial charge in [0.25, 0.3) is 5.91 Å². The Morgan fingerprint density at radius 1 is 1.18 bits per heavy atom. The number of dihydropyridines is 1. The van der Waals surface area contributed by atoms with Crippen LogP contribution in [0.2, 0.25) is 0 Å². The minimum atomic E-state index is -0.408. The van der Waals surface area contributed by atoms with Gasteiger partial charge in [-0.25, -0.2) is 4.98 Å². The topological polar surface area (TPSA) is 71.1 Å². The van der Waals surface area contributed by atoms with E-state index in [0.29, 0.717) is 22.7 Å². The van der Waals surface area contributed by atoms with E-state index in [2.05, 4.69) is 45.4 Å². The molecule has 1 aliphatic carbocycles. The van der Waals surface area contributed by atoms with Crippen molar-refractivity contribution in [2.75, 3.05) is 5.32 Å². The normalized spacial score (nSPS) is 20.0. The largest absolute Gasteiger partial charge is 0.362 e. The van der Waals surface area contributed by atoms with Gasteiger partial charge in [-0.05, 0) is 42.5 Å². The van der Waals surface area contributed by atoms with Crippen LogP contribution in [0.25, 0.3) is 10.2 Å². The summed E-state index contributed by atoms with van der Waals surface area (Å²) in [5.74, 6) is -0.545. The number of nitrogens with one attached hydrogen (secondary N) is 2. The number of ketones is 1. The van der Waals surface area contributed by atoms with Crippen molar-refractivity contribution in [2.45, 2.75) is 39.5 Å². The van der Waals surface area contributed by atoms with Gasteiger partial charge in [-0.1, -0.05) is 71.4 Å². The fourth-order valence-corrected chi connectivity index (χ4v) is 6.25. The van der Waals surface area contributed by atoms with E-state index in [1.54, 1.807) is 0 Å². The number of fused-ring (bicyclic) bond motifs is 1. The lowest BCUT2D eigenvalue weighted by atomic mass is 9.68. The molecule has 0 spiro atoms. The lowest BCUT2D eigenvalue weighted by Gasteiger charge is -2.39. The second-order valence-corrected chi connectivity index (χ2v) is 11.4. The zero-order valence-electron chi connectivity index (χ0n) is 18.7. The summed E-state index contributed by atoms with van der Waals surface area (Å²) < 4.78 is 1.95. The van der Waals surface area contributed by atoms with Gasteiger partial charge < -0.3 is 5.32 Å². The smallest absolute Gasteiger partial charge is 0.256 e. The lowest BCUT2D eigenvalue weighted by Crippen LogP contribution is -2.39. The standard InChI is InChI=1S/C26H24BrN3O2S/c1-14-21(24(32)30-25-29-17-10-9-16(27)11-20(17)33-25)22(15-7-5-4-6-8-15)23-18(28-14)12-26(2,3)13-19(23)31/h4-11,22,28H,12-13H2,1-3H3,(H,29,30,32)/t22-/m0/s1. The Morgan fingerprint density at radius 3 is 2.70 bits per heavy atom. The Balaban J connectivity index is 1.56. The van der Waals surface area contributed by atoms with Crippen molar-refractivity contribution in [3.8, 4) is 0 Å². The van der Waals surface area contributed by atoms with Gasteiger partial charge in [-0.3, -0.25) is 14.9 Å². The number of Topliss-reactive ketones (excluding diaryl/α,β-unsaturated/α-hetero) is 1. The molecule has 168 valence electrons. The molecule has 0 radical (unpaired) electrons. The monoisotopic (exact) mass is 521 g/mol. The van der Waals surface area contributed by atoms with E-state index in [1.807, 2.05) is 55.5 Å². The van der Waals surface area contributed by atoms with Crippen LogP contribution in [0.3, 0.4) is 0 Å². The summed E-state index contributed by atoms with van der Waals surface area (Å²) in [6.07, 6.45) is 1.24. The van der Waals surface area contributed by atoms with E-state index >= 15 is 0 Å². The molecule has 2 aliphatic rings. The zero-order chi connectivity index (χ0) is 23.3. The molecule has 3 aromatic rings. The Morgan fingerprint density at radius 2 is 1.94 bits per heavy atom. The van der Waals surface area contributed by atoms with Crippen LogP contribution < -0.4 is 10.6 Å². The fraction of sp³-hybridized carbons (Fsp3) is 0.269. The average Bonchev–Trinajstić information content (AvgIpc) is 3.13. The summed E-state index contributed by atoms with van der Waals surface area (Å²) in [4.78, 5) is 31.5. The van der Waals surface area contributed by atoms with E-state index in [4.69, 9.17) is 0 Å². The van der Waals surface area contributed by atoms with Crippen molar-refractivity contribution >= 4 is 54.3 Å². The molecule has 1 atom stereocenters. The minimum absolute atomic E-state index is 0.102. The van der Waals surface area contributed by atoms with Gasteiger partial charge in [0, 0.05) is 39.4 Å². The van der Waals surface area contributed by atoms with Gasteiger partial charge in [-0.2, -0.15) is 0 Å². The summed E-state index contributed by atoms with van der Waals surface area (Å²) in [6.45, 7) is 6.14. The van der Waals surface area contributed by atoms with Crippen LogP contribution in [0.5, 0.6) is 0 Å².